The van der Waals surface area contributed by atoms with E-state index < -0.39 is 13.2 Å². The highest BCUT2D eigenvalue weighted by atomic mass is 31.2. The molecule has 0 atom stereocenters. The van der Waals surface area contributed by atoms with Crippen LogP contribution in [0.5, 0.6) is 0 Å². The molecular formula is C22H20O2P+. The number of rotatable bonds is 5. The molecule has 3 heteroatoms. The summed E-state index contributed by atoms with van der Waals surface area (Å²) in [6, 6.07) is 30.6. The maximum atomic E-state index is 11.6. The first kappa shape index (κ1) is 17.1. The van der Waals surface area contributed by atoms with Crippen LogP contribution in [0.25, 0.3) is 0 Å². The molecule has 0 bridgehead atoms. The van der Waals surface area contributed by atoms with Crippen molar-refractivity contribution >= 4 is 29.1 Å². The van der Waals surface area contributed by atoms with E-state index in [1.54, 1.807) is 6.92 Å². The topological polar surface area (TPSA) is 37.3 Å². The van der Waals surface area contributed by atoms with Gasteiger partial charge in [-0.2, -0.15) is 0 Å². The number of carbonyl (C=O) groups is 1. The summed E-state index contributed by atoms with van der Waals surface area (Å²) in [5.41, 5.74) is 0.366. The average Bonchev–Trinajstić information content (AvgIpc) is 2.68. The molecule has 3 aromatic carbocycles. The smallest absolute Gasteiger partial charge is 0.334 e. The van der Waals surface area contributed by atoms with Crippen LogP contribution in [-0.2, 0) is 4.79 Å². The zero-order chi connectivity index (χ0) is 17.7. The van der Waals surface area contributed by atoms with Crippen LogP contribution in [0.2, 0.25) is 0 Å². The minimum Gasteiger partial charge on any atom is -0.478 e. The second kappa shape index (κ2) is 7.46. The Bertz CT molecular complexity index is 775. The number of hydrogen-bond acceptors (Lipinski definition) is 1. The standard InChI is InChI=1S/C22H19O2P/c1-18(22(23)24)17-25(19-11-5-2-6-12-19,20-13-7-3-8-14-20)21-15-9-4-10-16-21/h2-17H,1H3/p+1. The van der Waals surface area contributed by atoms with Gasteiger partial charge in [-0.1, -0.05) is 54.6 Å². The highest BCUT2D eigenvalue weighted by Gasteiger charge is 2.44. The molecule has 2 nitrogen and oxygen atoms in total. The normalized spacial score (nSPS) is 12.0. The van der Waals surface area contributed by atoms with Crippen LogP contribution < -0.4 is 15.9 Å². The number of benzene rings is 3. The van der Waals surface area contributed by atoms with Gasteiger partial charge in [0.25, 0.3) is 0 Å². The van der Waals surface area contributed by atoms with Crippen LogP contribution in [0.4, 0.5) is 0 Å². The van der Waals surface area contributed by atoms with Gasteiger partial charge in [0.15, 0.2) is 0 Å². The van der Waals surface area contributed by atoms with Gasteiger partial charge in [0.1, 0.15) is 23.2 Å². The highest BCUT2D eigenvalue weighted by Crippen LogP contribution is 2.57. The van der Waals surface area contributed by atoms with Crippen molar-refractivity contribution < 1.29 is 9.90 Å². The van der Waals surface area contributed by atoms with Crippen molar-refractivity contribution in [3.8, 4) is 0 Å². The predicted octanol–water partition coefficient (Wildman–Crippen LogP) is 3.97. The number of aliphatic carboxylic acids is 1. The van der Waals surface area contributed by atoms with Crippen molar-refractivity contribution in [2.24, 2.45) is 0 Å². The molecule has 0 fully saturated rings. The second-order valence-electron chi connectivity index (χ2n) is 5.85. The van der Waals surface area contributed by atoms with Crippen LogP contribution in [0.15, 0.2) is 102 Å². The van der Waals surface area contributed by atoms with E-state index in [-0.39, 0.29) is 0 Å². The summed E-state index contributed by atoms with van der Waals surface area (Å²) >= 11 is 0. The fourth-order valence-corrected chi connectivity index (χ4v) is 6.97. The minimum absolute atomic E-state index is 0.366. The third-order valence-electron chi connectivity index (χ3n) is 4.22. The fourth-order valence-electron chi connectivity index (χ4n) is 3.01. The zero-order valence-electron chi connectivity index (χ0n) is 14.0. The quantitative estimate of drug-likeness (QED) is 0.560. The largest absolute Gasteiger partial charge is 0.478 e. The highest BCUT2D eigenvalue weighted by molar-refractivity contribution is 7.98. The monoisotopic (exact) mass is 347 g/mol. The maximum Gasteiger partial charge on any atom is 0.334 e. The van der Waals surface area contributed by atoms with Gasteiger partial charge in [0.05, 0.1) is 11.4 Å². The van der Waals surface area contributed by atoms with E-state index in [0.29, 0.717) is 5.57 Å². The first-order chi connectivity index (χ1) is 12.1. The van der Waals surface area contributed by atoms with E-state index in [2.05, 4.69) is 36.4 Å². The predicted molar refractivity (Wildman–Crippen MR) is 107 cm³/mol. The Morgan fingerprint density at radius 1 is 0.720 bits per heavy atom. The van der Waals surface area contributed by atoms with E-state index in [0.717, 1.165) is 15.9 Å². The second-order valence-corrected chi connectivity index (χ2v) is 9.10. The van der Waals surface area contributed by atoms with Crippen molar-refractivity contribution in [3.63, 3.8) is 0 Å². The van der Waals surface area contributed by atoms with Crippen molar-refractivity contribution in [3.05, 3.63) is 102 Å². The van der Waals surface area contributed by atoms with Gasteiger partial charge in [-0.05, 0) is 43.3 Å². The third-order valence-corrected chi connectivity index (χ3v) is 8.33. The molecule has 0 aliphatic rings. The molecule has 0 radical (unpaired) electrons. The lowest BCUT2D eigenvalue weighted by Crippen LogP contribution is -2.30. The summed E-state index contributed by atoms with van der Waals surface area (Å²) < 4.78 is 0. The van der Waals surface area contributed by atoms with Crippen LogP contribution in [0, 0.1) is 0 Å². The van der Waals surface area contributed by atoms with Gasteiger partial charge in [-0.15, -0.1) is 0 Å². The molecule has 0 aliphatic carbocycles. The van der Waals surface area contributed by atoms with Gasteiger partial charge < -0.3 is 5.11 Å². The van der Waals surface area contributed by atoms with Crippen molar-refractivity contribution in [2.45, 2.75) is 6.92 Å². The van der Waals surface area contributed by atoms with E-state index in [1.165, 1.54) is 0 Å². The lowest BCUT2D eigenvalue weighted by molar-refractivity contribution is -0.132. The molecule has 0 heterocycles. The molecule has 25 heavy (non-hydrogen) atoms. The molecule has 124 valence electrons. The molecule has 1 N–H and O–H groups in total. The van der Waals surface area contributed by atoms with Gasteiger partial charge >= 0.3 is 5.97 Å². The zero-order valence-corrected chi connectivity index (χ0v) is 14.9. The lowest BCUT2D eigenvalue weighted by Gasteiger charge is -2.24. The van der Waals surface area contributed by atoms with Crippen LogP contribution in [0.3, 0.4) is 0 Å². The molecule has 0 unspecified atom stereocenters. The number of hydrogen-bond donors (Lipinski definition) is 1. The van der Waals surface area contributed by atoms with Crippen molar-refractivity contribution in [1.29, 1.82) is 0 Å². The fraction of sp³-hybridized carbons (Fsp3) is 0.0455. The number of carboxylic acids is 1. The SMILES string of the molecule is CC(=C[P+](c1ccccc1)(c1ccccc1)c1ccccc1)C(=O)O. The van der Waals surface area contributed by atoms with Gasteiger partial charge in [-0.25, -0.2) is 4.79 Å². The first-order valence-corrected chi connectivity index (χ1v) is 9.99. The summed E-state index contributed by atoms with van der Waals surface area (Å²) in [6.45, 7) is 1.67. The molecule has 3 aromatic rings. The molecule has 0 spiro atoms. The Balaban J connectivity index is 2.40. The van der Waals surface area contributed by atoms with Crippen LogP contribution >= 0.6 is 7.26 Å². The van der Waals surface area contributed by atoms with Gasteiger partial charge in [-0.3, -0.25) is 0 Å². The molecule has 0 aromatic heterocycles. The average molecular weight is 347 g/mol. The molecule has 0 saturated heterocycles. The van der Waals surface area contributed by atoms with Crippen molar-refractivity contribution in [1.82, 2.24) is 0 Å². The van der Waals surface area contributed by atoms with Gasteiger partial charge in [0.2, 0.25) is 0 Å². The van der Waals surface area contributed by atoms with E-state index >= 15 is 0 Å². The number of carboxylic acid groups (broad SMARTS) is 1. The summed E-state index contributed by atoms with van der Waals surface area (Å²) in [4.78, 5) is 11.6. The summed E-state index contributed by atoms with van der Waals surface area (Å²) in [7, 11) is -2.21. The third kappa shape index (κ3) is 3.40. The Kier molecular flexibility index (Phi) is 5.11. The van der Waals surface area contributed by atoms with Crippen molar-refractivity contribution in [2.75, 3.05) is 0 Å². The summed E-state index contributed by atoms with van der Waals surface area (Å²) in [5, 5.41) is 13.0. The first-order valence-electron chi connectivity index (χ1n) is 8.13. The van der Waals surface area contributed by atoms with Gasteiger partial charge in [0, 0.05) is 0 Å². The molecule has 3 rings (SSSR count). The van der Waals surface area contributed by atoms with E-state index in [1.807, 2.05) is 60.4 Å². The van der Waals surface area contributed by atoms with E-state index in [9.17, 15) is 9.90 Å². The van der Waals surface area contributed by atoms with E-state index in [4.69, 9.17) is 0 Å². The minimum atomic E-state index is -2.21. The van der Waals surface area contributed by atoms with Crippen LogP contribution in [-0.4, -0.2) is 11.1 Å². The summed E-state index contributed by atoms with van der Waals surface area (Å²) in [6.07, 6.45) is 0. The Hall–Kier alpha value is -2.70. The maximum absolute atomic E-state index is 11.6. The van der Waals surface area contributed by atoms with Crippen LogP contribution in [0.1, 0.15) is 6.92 Å². The molecule has 0 amide bonds. The Labute approximate surface area is 148 Å². The Morgan fingerprint density at radius 3 is 1.32 bits per heavy atom. The Morgan fingerprint density at radius 2 is 1.04 bits per heavy atom. The molecule has 0 aliphatic heterocycles. The summed E-state index contributed by atoms with van der Waals surface area (Å²) in [5.74, 6) is 1.09. The molecular weight excluding hydrogens is 327 g/mol. The molecule has 0 saturated carbocycles. The lowest BCUT2D eigenvalue weighted by atomic mass is 10.3.